The quantitative estimate of drug-likeness (QED) is 0.816. The summed E-state index contributed by atoms with van der Waals surface area (Å²) >= 11 is 1.52. The minimum atomic E-state index is -0.516. The highest BCUT2D eigenvalue weighted by Crippen LogP contribution is 2.24. The second-order valence-electron chi connectivity index (χ2n) is 3.08. The standard InChI is InChI=1S/C7H6N2O2S.C3H8.H2/c1-4-2-3-12-5(4)6-8-7(10)11-9-6;1-3-2;/h2-3H,1H3,(H,8,9,10);3H2,1-2H3;1H. The van der Waals surface area contributed by atoms with Crippen LogP contribution in [0.5, 0.6) is 0 Å². The van der Waals surface area contributed by atoms with Crippen LogP contribution in [0.15, 0.2) is 20.8 Å². The van der Waals surface area contributed by atoms with E-state index in [9.17, 15) is 4.79 Å². The molecule has 0 aromatic carbocycles. The molecule has 1 N–H and O–H groups in total. The number of H-pyrrole nitrogens is 1. The van der Waals surface area contributed by atoms with Gasteiger partial charge in [0.25, 0.3) is 0 Å². The summed E-state index contributed by atoms with van der Waals surface area (Å²) in [7, 11) is 0. The normalized spacial score (nSPS) is 9.53. The highest BCUT2D eigenvalue weighted by Gasteiger charge is 2.07. The van der Waals surface area contributed by atoms with Gasteiger partial charge in [0.2, 0.25) is 0 Å². The van der Waals surface area contributed by atoms with Crippen molar-refractivity contribution in [2.24, 2.45) is 0 Å². The number of thiophene rings is 1. The summed E-state index contributed by atoms with van der Waals surface area (Å²) in [4.78, 5) is 14.1. The predicted molar refractivity (Wildman–Crippen MR) is 63.3 cm³/mol. The van der Waals surface area contributed by atoms with Gasteiger partial charge in [-0.3, -0.25) is 9.51 Å². The largest absolute Gasteiger partial charge is 0.439 e. The lowest BCUT2D eigenvalue weighted by Crippen LogP contribution is -1.94. The molecule has 0 aliphatic rings. The number of nitrogens with one attached hydrogen (secondary N) is 1. The van der Waals surface area contributed by atoms with Crippen molar-refractivity contribution in [1.29, 1.82) is 0 Å². The van der Waals surface area contributed by atoms with Gasteiger partial charge in [0.1, 0.15) is 0 Å². The van der Waals surface area contributed by atoms with Crippen molar-refractivity contribution in [2.45, 2.75) is 27.2 Å². The fraction of sp³-hybridized carbons (Fsp3) is 0.400. The molecule has 0 aliphatic carbocycles. The van der Waals surface area contributed by atoms with Crippen LogP contribution in [0.1, 0.15) is 27.3 Å². The molecule has 0 saturated heterocycles. The van der Waals surface area contributed by atoms with Gasteiger partial charge in [-0.1, -0.05) is 25.4 Å². The van der Waals surface area contributed by atoms with Crippen LogP contribution in [0.3, 0.4) is 0 Å². The topological polar surface area (TPSA) is 58.9 Å². The lowest BCUT2D eigenvalue weighted by molar-refractivity contribution is 0.388. The molecule has 2 heterocycles. The van der Waals surface area contributed by atoms with Crippen molar-refractivity contribution in [3.05, 3.63) is 27.6 Å². The van der Waals surface area contributed by atoms with Crippen LogP contribution in [0.25, 0.3) is 10.7 Å². The third kappa shape index (κ3) is 3.06. The molecule has 0 amide bonds. The van der Waals surface area contributed by atoms with Crippen LogP contribution in [0.2, 0.25) is 0 Å². The third-order valence-electron chi connectivity index (χ3n) is 1.52. The van der Waals surface area contributed by atoms with Crippen molar-refractivity contribution < 1.29 is 5.95 Å². The van der Waals surface area contributed by atoms with Crippen LogP contribution >= 0.6 is 11.3 Å². The second kappa shape index (κ2) is 5.50. The Morgan fingerprint density at radius 1 is 1.60 bits per heavy atom. The average molecular weight is 228 g/mol. The zero-order valence-electron chi connectivity index (χ0n) is 9.03. The van der Waals surface area contributed by atoms with E-state index < -0.39 is 5.76 Å². The Bertz CT molecular complexity index is 461. The number of aromatic amines is 1. The Labute approximate surface area is 93.4 Å². The van der Waals surface area contributed by atoms with Gasteiger partial charge in [-0.05, 0) is 23.9 Å². The molecule has 5 heteroatoms. The summed E-state index contributed by atoms with van der Waals surface area (Å²) < 4.78 is 4.39. The average Bonchev–Trinajstić information content (AvgIpc) is 2.75. The van der Waals surface area contributed by atoms with Gasteiger partial charge in [0.05, 0.1) is 4.88 Å². The van der Waals surface area contributed by atoms with Crippen molar-refractivity contribution in [3.8, 4) is 10.7 Å². The Morgan fingerprint density at radius 3 is 2.67 bits per heavy atom. The zero-order chi connectivity index (χ0) is 11.3. The Kier molecular flexibility index (Phi) is 4.30. The van der Waals surface area contributed by atoms with Crippen molar-refractivity contribution in [3.63, 3.8) is 0 Å². The fourth-order valence-corrected chi connectivity index (χ4v) is 1.81. The van der Waals surface area contributed by atoms with E-state index in [2.05, 4.69) is 28.5 Å². The van der Waals surface area contributed by atoms with E-state index in [1.807, 2.05) is 18.4 Å². The van der Waals surface area contributed by atoms with Gasteiger partial charge in [0.15, 0.2) is 5.82 Å². The van der Waals surface area contributed by atoms with Crippen molar-refractivity contribution >= 4 is 11.3 Å². The van der Waals surface area contributed by atoms with Crippen molar-refractivity contribution in [1.82, 2.24) is 10.1 Å². The van der Waals surface area contributed by atoms with Gasteiger partial charge >= 0.3 is 5.76 Å². The molecule has 0 saturated carbocycles. The molecule has 0 aliphatic heterocycles. The third-order valence-corrected chi connectivity index (χ3v) is 2.54. The molecule has 0 spiro atoms. The molecule has 2 aromatic heterocycles. The highest BCUT2D eigenvalue weighted by molar-refractivity contribution is 7.13. The molecule has 0 radical (unpaired) electrons. The summed E-state index contributed by atoms with van der Waals surface area (Å²) in [6.45, 7) is 6.21. The van der Waals surface area contributed by atoms with Gasteiger partial charge in [-0.15, -0.1) is 11.3 Å². The number of aryl methyl sites for hydroxylation is 1. The summed E-state index contributed by atoms with van der Waals surface area (Å²) in [5.74, 6) is -0.00898. The van der Waals surface area contributed by atoms with Gasteiger partial charge in [0, 0.05) is 1.43 Å². The molecule has 0 bridgehead atoms. The fourth-order valence-electron chi connectivity index (χ4n) is 0.943. The van der Waals surface area contributed by atoms with Crippen LogP contribution in [0.4, 0.5) is 0 Å². The van der Waals surface area contributed by atoms with Gasteiger partial charge in [-0.25, -0.2) is 4.79 Å². The zero-order valence-corrected chi connectivity index (χ0v) is 9.85. The summed E-state index contributed by atoms with van der Waals surface area (Å²) in [6.07, 6.45) is 1.25. The molecule has 0 atom stereocenters. The molecule has 84 valence electrons. The van der Waals surface area contributed by atoms with E-state index in [0.29, 0.717) is 5.82 Å². The molecular weight excluding hydrogens is 212 g/mol. The lowest BCUT2D eigenvalue weighted by atomic mass is 10.3. The minimum Gasteiger partial charge on any atom is -0.296 e. The lowest BCUT2D eigenvalue weighted by Gasteiger charge is -1.88. The molecule has 4 nitrogen and oxygen atoms in total. The molecule has 2 rings (SSSR count). The van der Waals surface area contributed by atoms with E-state index in [0.717, 1.165) is 10.4 Å². The summed E-state index contributed by atoms with van der Waals surface area (Å²) in [6, 6.07) is 1.97. The molecule has 0 fully saturated rings. The molecular formula is C10H16N2O2S. The minimum absolute atomic E-state index is 0. The van der Waals surface area contributed by atoms with E-state index >= 15 is 0 Å². The number of nitrogens with zero attached hydrogens (tertiary/aromatic N) is 1. The maximum atomic E-state index is 10.6. The first kappa shape index (κ1) is 11.7. The van der Waals surface area contributed by atoms with E-state index in [1.54, 1.807) is 0 Å². The first-order valence-corrected chi connectivity index (χ1v) is 5.67. The highest BCUT2D eigenvalue weighted by atomic mass is 32.1. The van der Waals surface area contributed by atoms with Gasteiger partial charge < -0.3 is 0 Å². The smallest absolute Gasteiger partial charge is 0.296 e. The maximum Gasteiger partial charge on any atom is 0.439 e. The van der Waals surface area contributed by atoms with Crippen molar-refractivity contribution in [2.75, 3.05) is 0 Å². The van der Waals surface area contributed by atoms with E-state index in [4.69, 9.17) is 0 Å². The van der Waals surface area contributed by atoms with Gasteiger partial charge in [-0.2, -0.15) is 0 Å². The number of aromatic nitrogens is 2. The SMILES string of the molecule is CCC.Cc1ccsc1-c1noc(=O)[nH]1.[HH]. The van der Waals surface area contributed by atoms with E-state index in [1.165, 1.54) is 17.8 Å². The van der Waals surface area contributed by atoms with Crippen LogP contribution < -0.4 is 5.76 Å². The molecule has 15 heavy (non-hydrogen) atoms. The number of hydrogen-bond donors (Lipinski definition) is 1. The first-order chi connectivity index (χ1) is 7.19. The predicted octanol–water partition coefficient (Wildman–Crippen LogP) is 3.06. The first-order valence-electron chi connectivity index (χ1n) is 4.79. The Hall–Kier alpha value is -1.36. The summed E-state index contributed by atoms with van der Waals surface area (Å²) in [5, 5.41) is 5.53. The Balaban J connectivity index is 0.000000511. The van der Waals surface area contributed by atoms with E-state index in [-0.39, 0.29) is 1.43 Å². The number of rotatable bonds is 1. The maximum absolute atomic E-state index is 10.6. The monoisotopic (exact) mass is 228 g/mol. The Morgan fingerprint density at radius 2 is 2.27 bits per heavy atom. The second-order valence-corrected chi connectivity index (χ2v) is 4.00. The number of hydrogen-bond acceptors (Lipinski definition) is 4. The van der Waals surface area contributed by atoms with Crippen LogP contribution in [-0.2, 0) is 0 Å². The summed E-state index contributed by atoms with van der Waals surface area (Å²) in [5.41, 5.74) is 1.09. The molecule has 2 aromatic rings. The van der Waals surface area contributed by atoms with Crippen LogP contribution in [0, 0.1) is 6.92 Å². The molecule has 0 unspecified atom stereocenters. The van der Waals surface area contributed by atoms with Crippen LogP contribution in [-0.4, -0.2) is 10.1 Å².